The maximum absolute atomic E-state index is 13.4. The summed E-state index contributed by atoms with van der Waals surface area (Å²) in [4.78, 5) is 19.9. The number of nitrogens with zero attached hydrogens (tertiary/aromatic N) is 3. The fourth-order valence-electron chi connectivity index (χ4n) is 3.88. The van der Waals surface area contributed by atoms with E-state index in [1.54, 1.807) is 4.90 Å². The molecule has 152 valence electrons. The summed E-state index contributed by atoms with van der Waals surface area (Å²) in [5, 5.41) is 0.701. The molecule has 7 nitrogen and oxygen atoms in total. The third kappa shape index (κ3) is 4.22. The van der Waals surface area contributed by atoms with Crippen molar-refractivity contribution >= 4 is 42.6 Å². The van der Waals surface area contributed by atoms with Crippen LogP contribution in [0.4, 0.5) is 5.13 Å². The number of amides is 1. The first kappa shape index (κ1) is 19.8. The summed E-state index contributed by atoms with van der Waals surface area (Å²) in [6, 6.07) is 7.88. The van der Waals surface area contributed by atoms with E-state index in [-0.39, 0.29) is 17.9 Å². The van der Waals surface area contributed by atoms with Gasteiger partial charge < -0.3 is 4.74 Å². The topological polar surface area (TPSA) is 79.8 Å². The van der Waals surface area contributed by atoms with Crippen LogP contribution in [-0.2, 0) is 19.6 Å². The van der Waals surface area contributed by atoms with Gasteiger partial charge in [-0.25, -0.2) is 17.7 Å². The summed E-state index contributed by atoms with van der Waals surface area (Å²) >= 11 is 1.52. The lowest BCUT2D eigenvalue weighted by Gasteiger charge is -2.33. The van der Waals surface area contributed by atoms with Crippen molar-refractivity contribution in [2.45, 2.75) is 31.8 Å². The Labute approximate surface area is 169 Å². The lowest BCUT2D eigenvalue weighted by Crippen LogP contribution is -2.46. The number of para-hydroxylation sites is 1. The molecule has 1 unspecified atom stereocenters. The van der Waals surface area contributed by atoms with Crippen LogP contribution in [0.15, 0.2) is 24.3 Å². The zero-order chi connectivity index (χ0) is 19.7. The third-order valence-electron chi connectivity index (χ3n) is 5.46. The molecule has 0 aliphatic carbocycles. The number of thiazole rings is 1. The number of fused-ring (bicyclic) bond motifs is 1. The van der Waals surface area contributed by atoms with Gasteiger partial charge in [0.25, 0.3) is 0 Å². The lowest BCUT2D eigenvalue weighted by atomic mass is 9.96. The maximum atomic E-state index is 13.4. The van der Waals surface area contributed by atoms with E-state index in [2.05, 4.69) is 4.98 Å². The SMILES string of the molecule is CS(=O)(=O)N1CCC(C(=O)N(CC2CCCO2)c2nc3ccccc3s2)CC1. The first-order chi connectivity index (χ1) is 13.4. The second-order valence-electron chi connectivity index (χ2n) is 7.48. The van der Waals surface area contributed by atoms with Gasteiger partial charge in [-0.1, -0.05) is 23.5 Å². The van der Waals surface area contributed by atoms with Gasteiger partial charge >= 0.3 is 0 Å². The van der Waals surface area contributed by atoms with Crippen molar-refractivity contribution in [2.24, 2.45) is 5.92 Å². The maximum Gasteiger partial charge on any atom is 0.232 e. The molecule has 0 N–H and O–H groups in total. The Morgan fingerprint density at radius 1 is 1.29 bits per heavy atom. The summed E-state index contributed by atoms with van der Waals surface area (Å²) in [7, 11) is -3.21. The Bertz CT molecular complexity index is 912. The van der Waals surface area contributed by atoms with Crippen molar-refractivity contribution in [3.8, 4) is 0 Å². The molecule has 9 heteroatoms. The highest BCUT2D eigenvalue weighted by atomic mass is 32.2. The van der Waals surface area contributed by atoms with E-state index in [0.29, 0.717) is 37.6 Å². The number of rotatable bonds is 5. The Morgan fingerprint density at radius 2 is 2.04 bits per heavy atom. The molecule has 1 aromatic carbocycles. The number of hydrogen-bond donors (Lipinski definition) is 0. The Balaban J connectivity index is 1.55. The normalized spacial score (nSPS) is 22.0. The number of anilines is 1. The summed E-state index contributed by atoms with van der Waals surface area (Å²) in [5.74, 6) is -0.158. The van der Waals surface area contributed by atoms with Crippen LogP contribution in [-0.4, -0.2) is 62.2 Å². The number of carbonyl (C=O) groups excluding carboxylic acids is 1. The average Bonchev–Trinajstić information content (AvgIpc) is 3.34. The molecule has 0 spiro atoms. The number of hydrogen-bond acceptors (Lipinski definition) is 6. The zero-order valence-corrected chi connectivity index (χ0v) is 17.5. The van der Waals surface area contributed by atoms with Crippen LogP contribution in [0.1, 0.15) is 25.7 Å². The van der Waals surface area contributed by atoms with Crippen LogP contribution in [0.2, 0.25) is 0 Å². The first-order valence-corrected chi connectivity index (χ1v) is 12.3. The minimum absolute atomic E-state index is 0.0303. The molecule has 2 saturated heterocycles. The van der Waals surface area contributed by atoms with Crippen LogP contribution in [0, 0.1) is 5.92 Å². The molecular formula is C19H25N3O4S2. The average molecular weight is 424 g/mol. The van der Waals surface area contributed by atoms with Gasteiger partial charge in [0, 0.05) is 25.6 Å². The van der Waals surface area contributed by atoms with Gasteiger partial charge in [0.1, 0.15) is 0 Å². The molecule has 3 heterocycles. The molecule has 2 aromatic rings. The second-order valence-corrected chi connectivity index (χ2v) is 10.5. The van der Waals surface area contributed by atoms with Crippen molar-refractivity contribution in [1.29, 1.82) is 0 Å². The number of benzene rings is 1. The molecular weight excluding hydrogens is 398 g/mol. The van der Waals surface area contributed by atoms with Gasteiger partial charge in [-0.2, -0.15) is 0 Å². The van der Waals surface area contributed by atoms with E-state index in [1.165, 1.54) is 21.9 Å². The summed E-state index contributed by atoms with van der Waals surface area (Å²) < 4.78 is 31.8. The van der Waals surface area contributed by atoms with Crippen molar-refractivity contribution in [3.05, 3.63) is 24.3 Å². The molecule has 28 heavy (non-hydrogen) atoms. The molecule has 1 aromatic heterocycles. The van der Waals surface area contributed by atoms with Crippen molar-refractivity contribution in [3.63, 3.8) is 0 Å². The number of sulfonamides is 1. The number of ether oxygens (including phenoxy) is 1. The predicted molar refractivity (Wildman–Crippen MR) is 110 cm³/mol. The number of carbonyl (C=O) groups is 1. The molecule has 0 bridgehead atoms. The summed E-state index contributed by atoms with van der Waals surface area (Å²) in [6.45, 7) is 2.02. The number of piperidine rings is 1. The second kappa shape index (κ2) is 8.06. The van der Waals surface area contributed by atoms with Crippen molar-refractivity contribution < 1.29 is 17.9 Å². The fraction of sp³-hybridized carbons (Fsp3) is 0.579. The standard InChI is InChI=1S/C19H25N3O4S2/c1-28(24,25)21-10-8-14(9-11-21)18(23)22(13-15-5-4-12-26-15)19-20-16-6-2-3-7-17(16)27-19/h2-3,6-7,14-15H,4-5,8-13H2,1H3. The Hall–Kier alpha value is -1.55. The van der Waals surface area contributed by atoms with E-state index < -0.39 is 10.0 Å². The fourth-order valence-corrected chi connectivity index (χ4v) is 5.74. The highest BCUT2D eigenvalue weighted by molar-refractivity contribution is 7.88. The van der Waals surface area contributed by atoms with E-state index in [0.717, 1.165) is 29.7 Å². The van der Waals surface area contributed by atoms with E-state index in [4.69, 9.17) is 4.74 Å². The largest absolute Gasteiger partial charge is 0.376 e. The van der Waals surface area contributed by atoms with Crippen LogP contribution < -0.4 is 4.90 Å². The minimum Gasteiger partial charge on any atom is -0.376 e. The van der Waals surface area contributed by atoms with Crippen LogP contribution in [0.3, 0.4) is 0 Å². The summed E-state index contributed by atoms with van der Waals surface area (Å²) in [5.41, 5.74) is 0.888. The van der Waals surface area contributed by atoms with Crippen LogP contribution >= 0.6 is 11.3 Å². The Morgan fingerprint density at radius 3 is 2.68 bits per heavy atom. The van der Waals surface area contributed by atoms with Crippen molar-refractivity contribution in [2.75, 3.05) is 37.4 Å². The molecule has 2 aliphatic heterocycles. The summed E-state index contributed by atoms with van der Waals surface area (Å²) in [6.07, 6.45) is 4.30. The smallest absolute Gasteiger partial charge is 0.232 e. The quantitative estimate of drug-likeness (QED) is 0.738. The monoisotopic (exact) mass is 423 g/mol. The van der Waals surface area contributed by atoms with E-state index in [9.17, 15) is 13.2 Å². The molecule has 4 rings (SSSR count). The number of aromatic nitrogens is 1. The highest BCUT2D eigenvalue weighted by Gasteiger charge is 2.34. The predicted octanol–water partition coefficient (Wildman–Crippen LogP) is 2.48. The van der Waals surface area contributed by atoms with Gasteiger partial charge in [-0.3, -0.25) is 9.69 Å². The highest BCUT2D eigenvalue weighted by Crippen LogP contribution is 2.32. The molecule has 2 fully saturated rings. The minimum atomic E-state index is -3.21. The molecule has 2 aliphatic rings. The van der Waals surface area contributed by atoms with Gasteiger partial charge in [-0.05, 0) is 37.8 Å². The van der Waals surface area contributed by atoms with Crippen LogP contribution in [0.5, 0.6) is 0 Å². The zero-order valence-electron chi connectivity index (χ0n) is 15.9. The van der Waals surface area contributed by atoms with Gasteiger partial charge in [-0.15, -0.1) is 0 Å². The molecule has 1 atom stereocenters. The first-order valence-electron chi connectivity index (χ1n) is 9.65. The van der Waals surface area contributed by atoms with Gasteiger partial charge in [0.2, 0.25) is 15.9 Å². The van der Waals surface area contributed by atoms with E-state index in [1.807, 2.05) is 24.3 Å². The van der Waals surface area contributed by atoms with Crippen molar-refractivity contribution in [1.82, 2.24) is 9.29 Å². The van der Waals surface area contributed by atoms with E-state index >= 15 is 0 Å². The molecule has 1 amide bonds. The van der Waals surface area contributed by atoms with Crippen LogP contribution in [0.25, 0.3) is 10.2 Å². The lowest BCUT2D eigenvalue weighted by molar-refractivity contribution is -0.123. The van der Waals surface area contributed by atoms with Gasteiger partial charge in [0.05, 0.1) is 29.1 Å². The Kier molecular flexibility index (Phi) is 5.69. The third-order valence-corrected chi connectivity index (χ3v) is 7.82. The molecule has 0 radical (unpaired) electrons. The molecule has 0 saturated carbocycles. The van der Waals surface area contributed by atoms with Gasteiger partial charge in [0.15, 0.2) is 5.13 Å².